The maximum Gasteiger partial charge on any atom is 0.297 e. The molecule has 0 unspecified atom stereocenters. The van der Waals surface area contributed by atoms with Crippen LogP contribution in [0, 0.1) is 0 Å². The molecule has 364 valence electrons. The summed E-state index contributed by atoms with van der Waals surface area (Å²) in [7, 11) is 0. The summed E-state index contributed by atoms with van der Waals surface area (Å²) in [4.78, 5) is 5.43. The van der Waals surface area contributed by atoms with E-state index in [0.717, 1.165) is 11.2 Å². The van der Waals surface area contributed by atoms with Crippen LogP contribution in [0.2, 0.25) is 0 Å². The maximum absolute atomic E-state index is 7.74. The van der Waals surface area contributed by atoms with Gasteiger partial charge in [-0.05, 0) is 205 Å². The largest absolute Gasteiger partial charge is 0.468 e. The molecule has 6 aromatic rings. The predicted molar refractivity (Wildman–Crippen MR) is 301 cm³/mol. The van der Waals surface area contributed by atoms with Crippen LogP contribution in [-0.4, -0.2) is 6.71 Å². The van der Waals surface area contributed by atoms with E-state index < -0.39 is 0 Å². The van der Waals surface area contributed by atoms with Gasteiger partial charge in [-0.2, -0.15) is 0 Å². The number of fused-ring (bicyclic) bond motifs is 9. The van der Waals surface area contributed by atoms with Crippen LogP contribution >= 0.6 is 0 Å². The highest BCUT2D eigenvalue weighted by Gasteiger charge is 2.50. The first-order valence-corrected chi connectivity index (χ1v) is 27.6. The molecule has 0 radical (unpaired) electrons. The molecule has 0 saturated heterocycles. The van der Waals surface area contributed by atoms with Crippen molar-refractivity contribution in [3.8, 4) is 0 Å². The van der Waals surface area contributed by atoms with E-state index >= 15 is 0 Å². The fourth-order valence-corrected chi connectivity index (χ4v) is 14.7. The van der Waals surface area contributed by atoms with E-state index in [9.17, 15) is 0 Å². The minimum Gasteiger partial charge on any atom is -0.468 e. The van der Waals surface area contributed by atoms with E-state index in [-0.39, 0.29) is 44.6 Å². The molecule has 0 atom stereocenters. The number of furan rings is 1. The Morgan fingerprint density at radius 1 is 0.486 bits per heavy atom. The Bertz CT molecular complexity index is 3140. The van der Waals surface area contributed by atoms with Gasteiger partial charge < -0.3 is 14.2 Å². The zero-order chi connectivity index (χ0) is 49.5. The van der Waals surface area contributed by atoms with Crippen LogP contribution in [0.4, 0.5) is 34.1 Å². The molecular formula is C66H81BN2O. The molecule has 1 fully saturated rings. The number of hydrogen-bond acceptors (Lipinski definition) is 3. The first-order valence-electron chi connectivity index (χ1n) is 27.6. The lowest BCUT2D eigenvalue weighted by atomic mass is 9.35. The average molecular weight is 929 g/mol. The van der Waals surface area contributed by atoms with Crippen molar-refractivity contribution < 1.29 is 4.42 Å². The van der Waals surface area contributed by atoms with Crippen molar-refractivity contribution in [1.29, 1.82) is 0 Å². The summed E-state index contributed by atoms with van der Waals surface area (Å²) in [6.45, 7) is 36.7. The molecular weight excluding hydrogens is 848 g/mol. The smallest absolute Gasteiger partial charge is 0.297 e. The summed E-state index contributed by atoms with van der Waals surface area (Å²) in [5.41, 5.74) is 24.9. The molecule has 4 aliphatic carbocycles. The normalized spacial score (nSPS) is 22.1. The van der Waals surface area contributed by atoms with Gasteiger partial charge in [0.05, 0.1) is 11.3 Å². The van der Waals surface area contributed by atoms with Crippen LogP contribution in [0.15, 0.2) is 83.3 Å². The second-order valence-corrected chi connectivity index (χ2v) is 28.4. The van der Waals surface area contributed by atoms with Gasteiger partial charge in [0.15, 0.2) is 0 Å². The molecule has 4 heteroatoms. The van der Waals surface area contributed by atoms with Gasteiger partial charge in [-0.25, -0.2) is 0 Å². The van der Waals surface area contributed by atoms with Gasteiger partial charge in [0.1, 0.15) is 5.58 Å². The molecule has 70 heavy (non-hydrogen) atoms. The van der Waals surface area contributed by atoms with Gasteiger partial charge in [0, 0.05) is 33.8 Å². The van der Waals surface area contributed by atoms with E-state index in [1.165, 1.54) is 166 Å². The van der Waals surface area contributed by atoms with Crippen molar-refractivity contribution in [2.45, 2.75) is 218 Å². The Labute approximate surface area is 422 Å². The molecule has 0 N–H and O–H groups in total. The quantitative estimate of drug-likeness (QED) is 0.165. The summed E-state index contributed by atoms with van der Waals surface area (Å²) in [6.07, 6.45) is 13.5. The van der Waals surface area contributed by atoms with E-state index in [1.807, 2.05) is 0 Å². The summed E-state index contributed by atoms with van der Waals surface area (Å²) in [6, 6.07) is 33.0. The molecule has 3 nitrogen and oxygen atoms in total. The molecule has 1 aromatic heterocycles. The van der Waals surface area contributed by atoms with Crippen LogP contribution in [0.25, 0.3) is 11.0 Å². The van der Waals surface area contributed by atoms with Gasteiger partial charge in [0.2, 0.25) is 0 Å². The summed E-state index contributed by atoms with van der Waals surface area (Å²) in [5, 5.41) is 1.25. The monoisotopic (exact) mass is 929 g/mol. The highest BCUT2D eigenvalue weighted by Crippen LogP contribution is 2.55. The van der Waals surface area contributed by atoms with Gasteiger partial charge in [0.25, 0.3) is 6.71 Å². The Kier molecular flexibility index (Phi) is 9.90. The lowest BCUT2D eigenvalue weighted by Gasteiger charge is -2.47. The average Bonchev–Trinajstić information content (AvgIpc) is 3.68. The van der Waals surface area contributed by atoms with Crippen LogP contribution in [0.3, 0.4) is 0 Å². The Balaban J connectivity index is 1.23. The fourth-order valence-electron chi connectivity index (χ4n) is 14.7. The Morgan fingerprint density at radius 2 is 0.971 bits per heavy atom. The second kappa shape index (κ2) is 14.9. The van der Waals surface area contributed by atoms with Crippen molar-refractivity contribution in [2.75, 3.05) is 9.80 Å². The lowest BCUT2D eigenvalue weighted by molar-refractivity contribution is 0.332. The molecule has 5 aromatic carbocycles. The van der Waals surface area contributed by atoms with Gasteiger partial charge in [-0.3, -0.25) is 0 Å². The lowest BCUT2D eigenvalue weighted by Crippen LogP contribution is -2.61. The third-order valence-electron chi connectivity index (χ3n) is 19.8. The minimum absolute atomic E-state index is 0.0425. The van der Waals surface area contributed by atoms with Gasteiger partial charge in [-0.15, -0.1) is 0 Å². The van der Waals surface area contributed by atoms with Crippen LogP contribution in [0.1, 0.15) is 225 Å². The highest BCUT2D eigenvalue weighted by molar-refractivity contribution is 7.00. The fraction of sp³-hybridized carbons (Fsp3) is 0.515. The SMILES string of the molecule is CC(C)(C)c1ccc(N2c3cc(C4CCCCC4)cc4c3B(c3cc5c(cc3N4c3ccc4c(c3)C(C)(C)CCC4(C)C)C(C)(C)CCC5(C)C)c3oc4cc5c(cc4c32)C(C)(C)CCC5(C)C)cc1. The minimum atomic E-state index is -0.0821. The topological polar surface area (TPSA) is 19.6 Å². The molecule has 0 amide bonds. The van der Waals surface area contributed by atoms with E-state index in [1.54, 1.807) is 0 Å². The molecule has 0 spiro atoms. The molecule has 12 rings (SSSR count). The number of hydrogen-bond donors (Lipinski definition) is 0. The van der Waals surface area contributed by atoms with Crippen molar-refractivity contribution in [3.05, 3.63) is 123 Å². The van der Waals surface area contributed by atoms with Crippen molar-refractivity contribution in [3.63, 3.8) is 0 Å². The van der Waals surface area contributed by atoms with Gasteiger partial charge >= 0.3 is 0 Å². The first-order chi connectivity index (χ1) is 32.8. The number of nitrogens with zero attached hydrogens (tertiary/aromatic N) is 2. The van der Waals surface area contributed by atoms with E-state index in [4.69, 9.17) is 4.42 Å². The van der Waals surface area contributed by atoms with Crippen LogP contribution in [-0.2, 0) is 37.9 Å². The zero-order valence-corrected chi connectivity index (χ0v) is 45.7. The summed E-state index contributed by atoms with van der Waals surface area (Å²) >= 11 is 0. The standard InChI is InChI=1S/C66H81BN2O/c1-60(2,3)42-21-23-43(24-22-42)69-55-34-41(40-19-17-16-18-20-40)33-54-57(55)67(59-58(69)45-36-48-51(39-56(45)70-59)66(14,15)32-29-63(48,8)9)52-37-49-50(65(12,13)31-30-64(49,10)11)38-53(52)68(54)44-25-26-46-47(35-44)62(6,7)28-27-61(46,4)5/h21-26,33-40H,16-20,27-32H2,1-15H3. The number of rotatable bonds is 3. The number of benzene rings is 5. The third kappa shape index (κ3) is 6.86. The zero-order valence-electron chi connectivity index (χ0n) is 45.7. The van der Waals surface area contributed by atoms with Crippen molar-refractivity contribution in [2.24, 2.45) is 0 Å². The van der Waals surface area contributed by atoms with Crippen LogP contribution < -0.4 is 26.4 Å². The second-order valence-electron chi connectivity index (χ2n) is 28.4. The molecule has 1 saturated carbocycles. The molecule has 2 aliphatic heterocycles. The van der Waals surface area contributed by atoms with Crippen LogP contribution in [0.5, 0.6) is 0 Å². The first kappa shape index (κ1) is 46.4. The predicted octanol–water partition coefficient (Wildman–Crippen LogP) is 16.9. The summed E-state index contributed by atoms with van der Waals surface area (Å²) < 4.78 is 7.74. The summed E-state index contributed by atoms with van der Waals surface area (Å²) in [5.74, 6) is 0.520. The molecule has 0 bridgehead atoms. The van der Waals surface area contributed by atoms with Crippen molar-refractivity contribution >= 4 is 68.4 Å². The van der Waals surface area contributed by atoms with E-state index in [2.05, 4.69) is 193 Å². The highest BCUT2D eigenvalue weighted by atomic mass is 16.3. The van der Waals surface area contributed by atoms with Crippen molar-refractivity contribution in [1.82, 2.24) is 0 Å². The number of anilines is 6. The van der Waals surface area contributed by atoms with E-state index in [0.29, 0.717) is 5.92 Å². The maximum atomic E-state index is 7.74. The Hall–Kier alpha value is -4.70. The third-order valence-corrected chi connectivity index (χ3v) is 19.8. The molecule has 6 aliphatic rings. The Morgan fingerprint density at radius 3 is 1.54 bits per heavy atom. The molecule has 3 heterocycles. The van der Waals surface area contributed by atoms with Gasteiger partial charge in [-0.1, -0.05) is 147 Å².